The molecule has 2 fully saturated rings. The van der Waals surface area contributed by atoms with E-state index in [1.54, 1.807) is 11.9 Å². The molecule has 2 saturated carbocycles. The Kier molecular flexibility index (Phi) is 8.71. The maximum absolute atomic E-state index is 12.6. The van der Waals surface area contributed by atoms with E-state index in [2.05, 4.69) is 5.16 Å². The fourth-order valence-corrected chi connectivity index (χ4v) is 5.28. The summed E-state index contributed by atoms with van der Waals surface area (Å²) in [6.07, 6.45) is 7.05. The zero-order chi connectivity index (χ0) is 26.5. The normalized spacial score (nSPS) is 19.8. The summed E-state index contributed by atoms with van der Waals surface area (Å²) in [4.78, 5) is 31.0. The second-order valence-corrected chi connectivity index (χ2v) is 10.6. The maximum Gasteiger partial charge on any atom is 0.410 e. The van der Waals surface area contributed by atoms with Gasteiger partial charge in [0.1, 0.15) is 18.1 Å². The number of nitrogens with zero attached hydrogens (tertiary/aromatic N) is 3. The maximum atomic E-state index is 12.6. The Morgan fingerprint density at radius 2 is 1.86 bits per heavy atom. The molecule has 2 atom stereocenters. The molecule has 2 heterocycles. The topological polar surface area (TPSA) is 104 Å². The minimum Gasteiger partial charge on any atom is -0.489 e. The molecule has 1 amide bonds. The summed E-state index contributed by atoms with van der Waals surface area (Å²) >= 11 is 0. The molecule has 2 aromatic heterocycles. The molecule has 0 aliphatic heterocycles. The van der Waals surface area contributed by atoms with Crippen molar-refractivity contribution in [2.45, 2.75) is 104 Å². The lowest BCUT2D eigenvalue weighted by molar-refractivity contribution is -0.148. The fraction of sp³-hybridized carbons (Fsp3) is 0.643. The third-order valence-corrected chi connectivity index (χ3v) is 7.36. The van der Waals surface area contributed by atoms with Crippen molar-refractivity contribution in [2.24, 2.45) is 5.92 Å². The van der Waals surface area contributed by atoms with E-state index >= 15 is 0 Å². The second kappa shape index (κ2) is 12.0. The van der Waals surface area contributed by atoms with E-state index in [1.807, 2.05) is 39.8 Å². The molecule has 2 aliphatic rings. The first-order valence-electron chi connectivity index (χ1n) is 13.4. The van der Waals surface area contributed by atoms with Crippen LogP contribution in [0.25, 0.3) is 11.5 Å². The van der Waals surface area contributed by atoms with Gasteiger partial charge in [-0.1, -0.05) is 18.0 Å². The van der Waals surface area contributed by atoms with Crippen LogP contribution in [0.1, 0.15) is 82.2 Å². The van der Waals surface area contributed by atoms with Crippen LogP contribution in [0.2, 0.25) is 0 Å². The number of esters is 1. The highest BCUT2D eigenvalue weighted by Crippen LogP contribution is 2.34. The van der Waals surface area contributed by atoms with Crippen molar-refractivity contribution in [1.29, 1.82) is 0 Å². The second-order valence-electron chi connectivity index (χ2n) is 10.6. The van der Waals surface area contributed by atoms with Crippen LogP contribution in [-0.2, 0) is 20.9 Å². The van der Waals surface area contributed by atoms with Crippen molar-refractivity contribution in [1.82, 2.24) is 15.0 Å². The van der Waals surface area contributed by atoms with Gasteiger partial charge in [-0.3, -0.25) is 4.79 Å². The molecular formula is C28H39N3O6. The highest BCUT2D eigenvalue weighted by Gasteiger charge is 2.29. The summed E-state index contributed by atoms with van der Waals surface area (Å²) in [5, 5.41) is 4.09. The number of hydrogen-bond acceptors (Lipinski definition) is 8. The zero-order valence-corrected chi connectivity index (χ0v) is 22.6. The van der Waals surface area contributed by atoms with E-state index in [-0.39, 0.29) is 42.8 Å². The summed E-state index contributed by atoms with van der Waals surface area (Å²) < 4.78 is 22.7. The van der Waals surface area contributed by atoms with Gasteiger partial charge in [0.15, 0.2) is 5.76 Å². The minimum atomic E-state index is -0.335. The highest BCUT2D eigenvalue weighted by molar-refractivity contribution is 5.70. The fourth-order valence-electron chi connectivity index (χ4n) is 5.28. The number of pyridine rings is 1. The van der Waals surface area contributed by atoms with Crippen molar-refractivity contribution in [3.05, 3.63) is 29.1 Å². The smallest absolute Gasteiger partial charge is 0.410 e. The molecule has 9 heteroatoms. The van der Waals surface area contributed by atoms with Gasteiger partial charge in [-0.15, -0.1) is 0 Å². The molecule has 4 rings (SSSR count). The number of carbonyl (C=O) groups excluding carboxylic acids is 2. The summed E-state index contributed by atoms with van der Waals surface area (Å²) in [5.41, 5.74) is 2.72. The first-order valence-corrected chi connectivity index (χ1v) is 13.4. The lowest BCUT2D eigenvalue weighted by atomic mass is 10.0. The zero-order valence-electron chi connectivity index (χ0n) is 22.6. The Hall–Kier alpha value is -3.10. The molecule has 0 unspecified atom stereocenters. The van der Waals surface area contributed by atoms with Gasteiger partial charge in [-0.25, -0.2) is 9.78 Å². The lowest BCUT2D eigenvalue weighted by Gasteiger charge is -2.23. The third kappa shape index (κ3) is 6.81. The van der Waals surface area contributed by atoms with Crippen LogP contribution in [0, 0.1) is 19.8 Å². The first kappa shape index (κ1) is 26.9. The highest BCUT2D eigenvalue weighted by atomic mass is 16.6. The van der Waals surface area contributed by atoms with Gasteiger partial charge in [0.2, 0.25) is 0 Å². The average Bonchev–Trinajstić information content (AvgIpc) is 3.60. The van der Waals surface area contributed by atoms with Crippen molar-refractivity contribution in [3.8, 4) is 17.2 Å². The average molecular weight is 514 g/mol. The Morgan fingerprint density at radius 3 is 2.57 bits per heavy atom. The van der Waals surface area contributed by atoms with Gasteiger partial charge < -0.3 is 23.6 Å². The molecule has 9 nitrogen and oxygen atoms in total. The summed E-state index contributed by atoms with van der Waals surface area (Å²) in [5.74, 6) is 1.34. The molecule has 0 saturated heterocycles. The molecule has 0 N–H and O–H groups in total. The van der Waals surface area contributed by atoms with Crippen LogP contribution in [0.5, 0.6) is 5.75 Å². The molecule has 202 valence electrons. The number of carbonyl (C=O) groups is 2. The van der Waals surface area contributed by atoms with E-state index < -0.39 is 0 Å². The van der Waals surface area contributed by atoms with Gasteiger partial charge in [0.25, 0.3) is 0 Å². The van der Waals surface area contributed by atoms with Gasteiger partial charge in [-0.05, 0) is 77.8 Å². The first-order chi connectivity index (χ1) is 17.7. The molecule has 0 spiro atoms. The van der Waals surface area contributed by atoms with Crippen LogP contribution < -0.4 is 4.74 Å². The van der Waals surface area contributed by atoms with E-state index in [9.17, 15) is 9.59 Å². The number of aryl methyl sites for hydroxylation is 2. The molecular weight excluding hydrogens is 474 g/mol. The lowest BCUT2D eigenvalue weighted by Crippen LogP contribution is -2.35. The van der Waals surface area contributed by atoms with Gasteiger partial charge in [-0.2, -0.15) is 0 Å². The number of hydrogen-bond donors (Lipinski definition) is 0. The van der Waals surface area contributed by atoms with Crippen LogP contribution in [0.3, 0.4) is 0 Å². The molecule has 0 aromatic carbocycles. The standard InChI is InChI=1S/C28H39N3O6/c1-17(2)35-26(32)15-20-10-11-22(14-20)36-25-13-12-24(29-19(25)4)27-23(18(3)30-37-27)16-34-28(33)31(5)21-8-6-7-9-21/h12-13,17,20-22H,6-11,14-16H2,1-5H3/t20-,22-/m0/s1. The van der Waals surface area contributed by atoms with Gasteiger partial charge >= 0.3 is 12.1 Å². The van der Waals surface area contributed by atoms with Crippen LogP contribution in [0.4, 0.5) is 4.79 Å². The Morgan fingerprint density at radius 1 is 1.11 bits per heavy atom. The molecule has 37 heavy (non-hydrogen) atoms. The predicted molar refractivity (Wildman–Crippen MR) is 137 cm³/mol. The Labute approximate surface area is 218 Å². The van der Waals surface area contributed by atoms with Crippen molar-refractivity contribution < 1.29 is 28.3 Å². The number of rotatable bonds is 9. The summed E-state index contributed by atoms with van der Waals surface area (Å²) in [7, 11) is 1.80. The van der Waals surface area contributed by atoms with Crippen molar-refractivity contribution >= 4 is 12.1 Å². The quantitative estimate of drug-likeness (QED) is 0.390. The Bertz CT molecular complexity index is 1090. The Balaban J connectivity index is 1.36. The predicted octanol–water partition coefficient (Wildman–Crippen LogP) is 5.75. The monoisotopic (exact) mass is 513 g/mol. The largest absolute Gasteiger partial charge is 0.489 e. The van der Waals surface area contributed by atoms with E-state index in [0.717, 1.165) is 50.6 Å². The van der Waals surface area contributed by atoms with Gasteiger partial charge in [0.05, 0.1) is 29.2 Å². The molecule has 2 aromatic rings. The third-order valence-electron chi connectivity index (χ3n) is 7.36. The summed E-state index contributed by atoms with van der Waals surface area (Å²) in [6.45, 7) is 7.52. The van der Waals surface area contributed by atoms with E-state index in [0.29, 0.717) is 34.9 Å². The van der Waals surface area contributed by atoms with Crippen LogP contribution in [0.15, 0.2) is 16.7 Å². The number of amides is 1. The van der Waals surface area contributed by atoms with E-state index in [1.165, 1.54) is 0 Å². The molecule has 0 bridgehead atoms. The van der Waals surface area contributed by atoms with Gasteiger partial charge in [0, 0.05) is 19.5 Å². The SMILES string of the molecule is Cc1nc(-c2onc(C)c2COC(=O)N(C)C2CCCC2)ccc1O[C@H]1CC[C@H](CC(=O)OC(C)C)C1. The van der Waals surface area contributed by atoms with Crippen LogP contribution in [-0.4, -0.2) is 52.4 Å². The van der Waals surface area contributed by atoms with Crippen molar-refractivity contribution in [3.63, 3.8) is 0 Å². The van der Waals surface area contributed by atoms with Crippen molar-refractivity contribution in [2.75, 3.05) is 7.05 Å². The molecule has 0 radical (unpaired) electrons. The summed E-state index contributed by atoms with van der Waals surface area (Å²) in [6, 6.07) is 3.97. The van der Waals surface area contributed by atoms with Crippen LogP contribution >= 0.6 is 0 Å². The van der Waals surface area contributed by atoms with E-state index in [4.69, 9.17) is 23.7 Å². The number of ether oxygens (including phenoxy) is 3. The minimum absolute atomic E-state index is 0.0440. The number of aromatic nitrogens is 2. The molecule has 2 aliphatic carbocycles.